The molecule has 1 aromatic carbocycles. The molecule has 1 amide bonds. The summed E-state index contributed by atoms with van der Waals surface area (Å²) in [7, 11) is 0. The second kappa shape index (κ2) is 5.63. The number of nitro benzene ring substituents is 1. The number of carbonyl (C=O) groups excluding carboxylic acids is 1. The molecule has 0 aromatic heterocycles. The average molecular weight is 267 g/mol. The molecule has 1 saturated heterocycles. The predicted molar refractivity (Wildman–Crippen MR) is 64.9 cm³/mol. The van der Waals surface area contributed by atoms with Gasteiger partial charge in [0.15, 0.2) is 0 Å². The minimum atomic E-state index is -1.09. The van der Waals surface area contributed by atoms with Gasteiger partial charge in [-0.2, -0.15) is 0 Å². The number of primary amides is 1. The molecular weight excluding hydrogens is 254 g/mol. The van der Waals surface area contributed by atoms with Crippen LogP contribution in [0.4, 0.5) is 10.5 Å². The Bertz CT molecular complexity index is 499. The monoisotopic (exact) mass is 267 g/mol. The zero-order valence-corrected chi connectivity index (χ0v) is 10.00. The van der Waals surface area contributed by atoms with Crippen molar-refractivity contribution >= 4 is 11.8 Å². The van der Waals surface area contributed by atoms with Gasteiger partial charge in [-0.25, -0.2) is 4.79 Å². The Balaban J connectivity index is 2.29. The van der Waals surface area contributed by atoms with Gasteiger partial charge in [-0.3, -0.25) is 10.1 Å². The van der Waals surface area contributed by atoms with E-state index in [1.807, 2.05) is 0 Å². The van der Waals surface area contributed by atoms with Crippen molar-refractivity contribution in [2.24, 2.45) is 5.73 Å². The number of hydrogen-bond donors (Lipinski definition) is 2. The third-order valence-corrected chi connectivity index (χ3v) is 2.69. The van der Waals surface area contributed by atoms with E-state index in [4.69, 9.17) is 10.5 Å². The predicted octanol–water partition coefficient (Wildman–Crippen LogP) is 0.713. The average Bonchev–Trinajstić information content (AvgIpc) is 2.39. The first-order chi connectivity index (χ1) is 9.08. The molecule has 3 N–H and O–H groups in total. The lowest BCUT2D eigenvalue weighted by Gasteiger charge is -2.23. The van der Waals surface area contributed by atoms with E-state index in [0.29, 0.717) is 18.7 Å². The molecule has 0 saturated carbocycles. The lowest BCUT2D eigenvalue weighted by Crippen LogP contribution is -2.33. The van der Waals surface area contributed by atoms with E-state index in [9.17, 15) is 14.9 Å². The molecule has 1 atom stereocenters. The molecule has 1 heterocycles. The van der Waals surface area contributed by atoms with E-state index < -0.39 is 11.0 Å². The van der Waals surface area contributed by atoms with Crippen LogP contribution in [0.5, 0.6) is 5.75 Å². The molecule has 1 fully saturated rings. The van der Waals surface area contributed by atoms with Crippen LogP contribution in [0.2, 0.25) is 0 Å². The fourth-order valence-corrected chi connectivity index (χ4v) is 1.85. The van der Waals surface area contributed by atoms with E-state index in [-0.39, 0.29) is 17.5 Å². The van der Waals surface area contributed by atoms with Gasteiger partial charge in [0.25, 0.3) is 0 Å². The Morgan fingerprint density at radius 2 is 2.37 bits per heavy atom. The fraction of sp³-hybridized carbons (Fsp3) is 0.364. The number of amides is 1. The number of nitro groups is 1. The summed E-state index contributed by atoms with van der Waals surface area (Å²) >= 11 is 0. The van der Waals surface area contributed by atoms with Crippen LogP contribution in [0.3, 0.4) is 0 Å². The summed E-state index contributed by atoms with van der Waals surface area (Å²) < 4.78 is 10.1. The van der Waals surface area contributed by atoms with Crippen molar-refractivity contribution in [3.8, 4) is 5.75 Å². The number of benzene rings is 1. The van der Waals surface area contributed by atoms with Crippen LogP contribution in [-0.2, 0) is 4.74 Å². The normalized spacial score (nSPS) is 18.8. The Morgan fingerprint density at radius 1 is 1.58 bits per heavy atom. The summed E-state index contributed by atoms with van der Waals surface area (Å²) in [5.74, 6) is -0.176. The van der Waals surface area contributed by atoms with E-state index >= 15 is 0 Å². The summed E-state index contributed by atoms with van der Waals surface area (Å²) in [6.07, 6.45) is -1.35. The van der Waals surface area contributed by atoms with Gasteiger partial charge < -0.3 is 20.5 Å². The van der Waals surface area contributed by atoms with Crippen LogP contribution >= 0.6 is 0 Å². The van der Waals surface area contributed by atoms with E-state index in [2.05, 4.69) is 10.1 Å². The second-order valence-corrected chi connectivity index (χ2v) is 3.97. The highest BCUT2D eigenvalue weighted by Gasteiger charge is 2.22. The zero-order chi connectivity index (χ0) is 13.8. The van der Waals surface area contributed by atoms with Crippen LogP contribution in [0.15, 0.2) is 18.2 Å². The smallest absolute Gasteiger partial charge is 0.403 e. The van der Waals surface area contributed by atoms with Crippen LogP contribution in [0.1, 0.15) is 11.7 Å². The molecule has 0 radical (unpaired) electrons. The second-order valence-electron chi connectivity index (χ2n) is 3.97. The van der Waals surface area contributed by atoms with Gasteiger partial charge in [-0.1, -0.05) is 6.07 Å². The van der Waals surface area contributed by atoms with Crippen molar-refractivity contribution in [1.29, 1.82) is 0 Å². The highest BCUT2D eigenvalue weighted by Crippen LogP contribution is 2.31. The van der Waals surface area contributed by atoms with E-state index in [1.54, 1.807) is 6.07 Å². The van der Waals surface area contributed by atoms with Crippen LogP contribution in [0, 0.1) is 10.1 Å². The summed E-state index contributed by atoms with van der Waals surface area (Å²) in [6, 6.07) is 4.29. The third kappa shape index (κ3) is 3.18. The number of carbonyl (C=O) groups is 1. The molecule has 102 valence electrons. The number of rotatable bonds is 3. The number of nitrogens with two attached hydrogens (primary N) is 1. The van der Waals surface area contributed by atoms with Crippen LogP contribution in [0.25, 0.3) is 0 Å². The highest BCUT2D eigenvalue weighted by molar-refractivity contribution is 5.70. The number of hydrogen-bond acceptors (Lipinski definition) is 6. The van der Waals surface area contributed by atoms with Gasteiger partial charge in [0, 0.05) is 19.2 Å². The summed E-state index contributed by atoms with van der Waals surface area (Å²) in [6.45, 7) is 1.87. The van der Waals surface area contributed by atoms with Crippen LogP contribution < -0.4 is 15.8 Å². The van der Waals surface area contributed by atoms with Gasteiger partial charge >= 0.3 is 11.8 Å². The zero-order valence-electron chi connectivity index (χ0n) is 10.00. The molecular formula is C11H13N3O5. The molecule has 0 spiro atoms. The lowest BCUT2D eigenvalue weighted by atomic mass is 10.1. The maximum absolute atomic E-state index is 11.0. The summed E-state index contributed by atoms with van der Waals surface area (Å²) in [5, 5.41) is 14.1. The Hall–Kier alpha value is -2.19. The molecule has 2 rings (SSSR count). The topological polar surface area (TPSA) is 117 Å². The Labute approximate surface area is 108 Å². The Kier molecular flexibility index (Phi) is 3.93. The molecule has 1 aromatic rings. The fourth-order valence-electron chi connectivity index (χ4n) is 1.85. The standard InChI is InChI=1S/C11H13N3O5/c12-11(15)19-9-2-1-7(5-8(9)14(16)17)10-6-13-3-4-18-10/h1-2,5,10,13H,3-4,6H2,(H2,12,15). The number of nitrogens with zero attached hydrogens (tertiary/aromatic N) is 1. The molecule has 8 nitrogen and oxygen atoms in total. The summed E-state index contributed by atoms with van der Waals surface area (Å²) in [5.41, 5.74) is 5.19. The lowest BCUT2D eigenvalue weighted by molar-refractivity contribution is -0.385. The van der Waals surface area contributed by atoms with Crippen molar-refractivity contribution in [1.82, 2.24) is 5.32 Å². The first-order valence-electron chi connectivity index (χ1n) is 5.66. The molecule has 0 aliphatic carbocycles. The quantitative estimate of drug-likeness (QED) is 0.615. The highest BCUT2D eigenvalue weighted by atomic mass is 16.6. The van der Waals surface area contributed by atoms with Gasteiger partial charge in [0.1, 0.15) is 0 Å². The first-order valence-corrected chi connectivity index (χ1v) is 5.66. The molecule has 0 bridgehead atoms. The minimum absolute atomic E-state index is 0.176. The molecule has 1 aliphatic rings. The van der Waals surface area contributed by atoms with Gasteiger partial charge in [-0.15, -0.1) is 0 Å². The molecule has 8 heteroatoms. The van der Waals surface area contributed by atoms with E-state index in [1.165, 1.54) is 12.1 Å². The summed E-state index contributed by atoms with van der Waals surface area (Å²) in [4.78, 5) is 21.0. The molecule has 19 heavy (non-hydrogen) atoms. The van der Waals surface area contributed by atoms with Gasteiger partial charge in [0.05, 0.1) is 17.6 Å². The SMILES string of the molecule is NC(=O)Oc1ccc(C2CNCCO2)cc1[N+](=O)[O-]. The maximum Gasteiger partial charge on any atom is 0.410 e. The largest absolute Gasteiger partial charge is 0.410 e. The first kappa shape index (κ1) is 13.2. The number of nitrogens with one attached hydrogen (secondary N) is 1. The van der Waals surface area contributed by atoms with Crippen molar-refractivity contribution in [3.63, 3.8) is 0 Å². The van der Waals surface area contributed by atoms with Crippen LogP contribution in [-0.4, -0.2) is 30.7 Å². The van der Waals surface area contributed by atoms with Crippen molar-refractivity contribution in [2.75, 3.05) is 19.7 Å². The van der Waals surface area contributed by atoms with Crippen molar-refractivity contribution in [3.05, 3.63) is 33.9 Å². The minimum Gasteiger partial charge on any atom is -0.403 e. The van der Waals surface area contributed by atoms with Gasteiger partial charge in [0.2, 0.25) is 5.75 Å². The van der Waals surface area contributed by atoms with Gasteiger partial charge in [-0.05, 0) is 11.6 Å². The van der Waals surface area contributed by atoms with Crippen molar-refractivity contribution in [2.45, 2.75) is 6.10 Å². The number of morpholine rings is 1. The third-order valence-electron chi connectivity index (χ3n) is 2.69. The molecule has 1 aliphatic heterocycles. The molecule has 1 unspecified atom stereocenters. The number of ether oxygens (including phenoxy) is 2. The maximum atomic E-state index is 11.0. The van der Waals surface area contributed by atoms with Crippen molar-refractivity contribution < 1.29 is 19.2 Å². The van der Waals surface area contributed by atoms with E-state index in [0.717, 1.165) is 6.54 Å². The Morgan fingerprint density at radius 3 is 2.95 bits per heavy atom.